The minimum Gasteiger partial charge on any atom is -0.511 e. The summed E-state index contributed by atoms with van der Waals surface area (Å²) in [7, 11) is 0. The van der Waals surface area contributed by atoms with Crippen molar-refractivity contribution in [2.45, 2.75) is 63.1 Å². The highest BCUT2D eigenvalue weighted by Gasteiger charge is 2.59. The van der Waals surface area contributed by atoms with E-state index in [1.807, 2.05) is 6.07 Å². The largest absolute Gasteiger partial charge is 0.511 e. The second kappa shape index (κ2) is 9.10. The van der Waals surface area contributed by atoms with E-state index in [-0.39, 0.29) is 36.1 Å². The summed E-state index contributed by atoms with van der Waals surface area (Å²) in [5, 5.41) is 47.9. The first-order valence-corrected chi connectivity index (χ1v) is 13.2. The van der Waals surface area contributed by atoms with Gasteiger partial charge in [-0.2, -0.15) is 0 Å². The molecule has 1 fully saturated rings. The third-order valence-electron chi connectivity index (χ3n) is 8.91. The van der Waals surface area contributed by atoms with Gasteiger partial charge in [0.05, 0.1) is 18.1 Å². The topological polar surface area (TPSA) is 183 Å². The Labute approximate surface area is 223 Å². The Morgan fingerprint density at radius 3 is 2.56 bits per heavy atom. The van der Waals surface area contributed by atoms with Gasteiger partial charge in [0.25, 0.3) is 5.91 Å². The molecule has 1 heterocycles. The summed E-state index contributed by atoms with van der Waals surface area (Å²) in [4.78, 5) is 39.1. The predicted octanol–water partition coefficient (Wildman–Crippen LogP) is 2.87. The van der Waals surface area contributed by atoms with E-state index < -0.39 is 52.0 Å². The van der Waals surface area contributed by atoms with Crippen LogP contribution in [0, 0.1) is 11.8 Å². The number of ketones is 2. The minimum atomic E-state index is -2.58. The van der Waals surface area contributed by atoms with Gasteiger partial charge in [0.1, 0.15) is 22.8 Å². The number of rotatable bonds is 5. The van der Waals surface area contributed by atoms with E-state index in [9.17, 15) is 34.8 Å². The molecule has 1 aromatic heterocycles. The number of Topliss-reactive ketones (excluding diaryl/α,β-unsaturated/α-hetero) is 2. The molecular weight excluding hydrogens is 504 g/mol. The molecule has 4 aliphatic rings. The Morgan fingerprint density at radius 2 is 1.90 bits per heavy atom. The molecule has 7 N–H and O–H groups in total. The van der Waals surface area contributed by atoms with Crippen molar-refractivity contribution in [1.82, 2.24) is 5.32 Å². The second-order valence-corrected chi connectivity index (χ2v) is 11.1. The highest BCUT2D eigenvalue weighted by Crippen LogP contribution is 2.52. The summed E-state index contributed by atoms with van der Waals surface area (Å²) >= 11 is 0. The van der Waals surface area contributed by atoms with Gasteiger partial charge >= 0.3 is 0 Å². The summed E-state index contributed by atoms with van der Waals surface area (Å²) in [6, 6.07) is 3.93. The molecule has 10 nitrogen and oxygen atoms in total. The molecule has 0 aliphatic heterocycles. The highest BCUT2D eigenvalue weighted by atomic mass is 16.3. The molecule has 3 atom stereocenters. The number of primary amides is 1. The van der Waals surface area contributed by atoms with Crippen molar-refractivity contribution in [2.24, 2.45) is 17.6 Å². The molecule has 0 unspecified atom stereocenters. The van der Waals surface area contributed by atoms with Crippen LogP contribution in [0.15, 0.2) is 51.7 Å². The van der Waals surface area contributed by atoms with Gasteiger partial charge in [0, 0.05) is 41.6 Å². The number of carbonyl (C=O) groups excluding carboxylic acids is 3. The monoisotopic (exact) mass is 534 g/mol. The van der Waals surface area contributed by atoms with E-state index in [4.69, 9.17) is 10.2 Å². The number of phenolic OH excluding ortho intramolecular Hbond substituents is 1. The molecule has 1 amide bonds. The summed E-state index contributed by atoms with van der Waals surface area (Å²) in [6.45, 7) is 0.326. The van der Waals surface area contributed by atoms with Crippen LogP contribution in [-0.2, 0) is 22.6 Å². The third kappa shape index (κ3) is 3.73. The van der Waals surface area contributed by atoms with Crippen LogP contribution in [0.25, 0.3) is 11.1 Å². The average molecular weight is 535 g/mol. The van der Waals surface area contributed by atoms with Crippen LogP contribution >= 0.6 is 0 Å². The fourth-order valence-electron chi connectivity index (χ4n) is 6.94. The fourth-order valence-corrected chi connectivity index (χ4v) is 6.94. The van der Waals surface area contributed by atoms with Gasteiger partial charge in [-0.05, 0) is 54.9 Å². The van der Waals surface area contributed by atoms with Gasteiger partial charge in [-0.25, -0.2) is 0 Å². The van der Waals surface area contributed by atoms with Crippen molar-refractivity contribution >= 4 is 17.5 Å². The summed E-state index contributed by atoms with van der Waals surface area (Å²) in [5.74, 6) is -6.34. The molecular formula is C29H30N2O8. The quantitative estimate of drug-likeness (QED) is 0.314. The SMILES string of the molecule is NC(=O)C1=C(O)C[C@@H]2C[C@@H]3Cc4c(-c5ccoc5)cc(CNC5CCCC5)c(O)c4C(=O)C3=C(O)[C@]2(O)C1=O. The molecule has 6 rings (SSSR count). The number of furan rings is 1. The van der Waals surface area contributed by atoms with E-state index in [2.05, 4.69) is 5.32 Å². The Bertz CT molecular complexity index is 1460. The molecule has 0 radical (unpaired) electrons. The van der Waals surface area contributed by atoms with Crippen LogP contribution in [-0.4, -0.2) is 49.5 Å². The van der Waals surface area contributed by atoms with Crippen molar-refractivity contribution in [3.63, 3.8) is 0 Å². The van der Waals surface area contributed by atoms with E-state index in [0.29, 0.717) is 29.3 Å². The zero-order valence-corrected chi connectivity index (χ0v) is 21.2. The Hall–Kier alpha value is -3.89. The standard InChI is InChI=1S/C29H30N2O8/c30-28(37)23-20(32)10-16-7-14-8-19-18(13-5-6-39-12-13)9-15(11-31-17-3-1-2-4-17)24(33)22(19)25(34)21(14)26(35)29(16,38)27(23)36/h5-6,9,12,14,16-17,31-33,35,38H,1-4,7-8,10-11H2,(H2,30,37)/t14-,16+,29+/m1/s1. The summed E-state index contributed by atoms with van der Waals surface area (Å²) < 4.78 is 5.31. The van der Waals surface area contributed by atoms with Gasteiger partial charge in [0.2, 0.25) is 5.78 Å². The first-order chi connectivity index (χ1) is 18.6. The van der Waals surface area contributed by atoms with Crippen LogP contribution in [0.1, 0.15) is 60.0 Å². The maximum atomic E-state index is 14.0. The second-order valence-electron chi connectivity index (χ2n) is 11.1. The molecule has 0 saturated heterocycles. The van der Waals surface area contributed by atoms with Crippen LogP contribution in [0.4, 0.5) is 0 Å². The maximum absolute atomic E-state index is 14.0. The van der Waals surface area contributed by atoms with Gasteiger partial charge in [-0.3, -0.25) is 14.4 Å². The Balaban J connectivity index is 1.48. The number of carbonyl (C=O) groups is 3. The van der Waals surface area contributed by atoms with E-state index in [1.54, 1.807) is 12.3 Å². The number of nitrogens with one attached hydrogen (secondary N) is 1. The molecule has 0 bridgehead atoms. The van der Waals surface area contributed by atoms with Gasteiger partial charge in [0.15, 0.2) is 11.4 Å². The molecule has 4 aliphatic carbocycles. The third-order valence-corrected chi connectivity index (χ3v) is 8.91. The smallest absolute Gasteiger partial charge is 0.255 e. The number of aliphatic hydroxyl groups excluding tert-OH is 2. The van der Waals surface area contributed by atoms with Gasteiger partial charge in [-0.15, -0.1) is 0 Å². The lowest BCUT2D eigenvalue weighted by molar-refractivity contribution is -0.144. The number of hydrogen-bond donors (Lipinski definition) is 6. The summed E-state index contributed by atoms with van der Waals surface area (Å²) in [5.41, 5.74) is 4.27. The molecule has 1 saturated carbocycles. The number of amides is 1. The van der Waals surface area contributed by atoms with Crippen molar-refractivity contribution in [3.8, 4) is 16.9 Å². The average Bonchev–Trinajstić information content (AvgIpc) is 3.60. The number of hydrogen-bond acceptors (Lipinski definition) is 9. The van der Waals surface area contributed by atoms with Crippen molar-refractivity contribution in [2.75, 3.05) is 0 Å². The first kappa shape index (κ1) is 25.4. The van der Waals surface area contributed by atoms with Crippen LogP contribution in [0.5, 0.6) is 5.75 Å². The molecule has 39 heavy (non-hydrogen) atoms. The Morgan fingerprint density at radius 1 is 1.15 bits per heavy atom. The van der Waals surface area contributed by atoms with Gasteiger partial charge < -0.3 is 35.9 Å². The maximum Gasteiger partial charge on any atom is 0.255 e. The van der Waals surface area contributed by atoms with E-state index in [1.165, 1.54) is 6.26 Å². The molecule has 1 aromatic carbocycles. The van der Waals surface area contributed by atoms with Crippen molar-refractivity contribution in [1.29, 1.82) is 0 Å². The van der Waals surface area contributed by atoms with Crippen LogP contribution < -0.4 is 11.1 Å². The zero-order valence-electron chi connectivity index (χ0n) is 21.2. The van der Waals surface area contributed by atoms with Gasteiger partial charge in [-0.1, -0.05) is 12.8 Å². The van der Waals surface area contributed by atoms with Crippen LogP contribution in [0.2, 0.25) is 0 Å². The number of allylic oxidation sites excluding steroid dienone is 2. The van der Waals surface area contributed by atoms with E-state index >= 15 is 0 Å². The zero-order chi connectivity index (χ0) is 27.6. The van der Waals surface area contributed by atoms with Crippen molar-refractivity contribution in [3.05, 3.63) is 64.0 Å². The number of aromatic hydroxyl groups is 1. The molecule has 204 valence electrons. The minimum absolute atomic E-state index is 0.00791. The number of benzene rings is 1. The summed E-state index contributed by atoms with van der Waals surface area (Å²) in [6.07, 6.45) is 7.47. The fraction of sp³-hybridized carbons (Fsp3) is 0.414. The normalized spacial score (nSPS) is 27.0. The first-order valence-electron chi connectivity index (χ1n) is 13.2. The van der Waals surface area contributed by atoms with Crippen LogP contribution in [0.3, 0.4) is 0 Å². The van der Waals surface area contributed by atoms with E-state index in [0.717, 1.165) is 31.2 Å². The lowest BCUT2D eigenvalue weighted by atomic mass is 9.60. The molecule has 10 heteroatoms. The number of fused-ring (bicyclic) bond motifs is 3. The number of aliphatic hydroxyl groups is 3. The predicted molar refractivity (Wildman–Crippen MR) is 138 cm³/mol. The highest BCUT2D eigenvalue weighted by molar-refractivity contribution is 6.24. The number of nitrogens with two attached hydrogens (primary N) is 1. The molecule has 0 spiro atoms. The Kier molecular flexibility index (Phi) is 5.92. The van der Waals surface area contributed by atoms with Crippen molar-refractivity contribution < 1.29 is 39.2 Å². The molecule has 2 aromatic rings. The number of phenols is 1. The lowest BCUT2D eigenvalue weighted by Gasteiger charge is -2.45. The lowest BCUT2D eigenvalue weighted by Crippen LogP contribution is -2.57.